The first-order valence-electron chi connectivity index (χ1n) is 12.5. The highest BCUT2D eigenvalue weighted by Gasteiger charge is 2.43. The topological polar surface area (TPSA) is 114 Å². The van der Waals surface area contributed by atoms with Crippen molar-refractivity contribution in [1.29, 1.82) is 0 Å². The van der Waals surface area contributed by atoms with E-state index in [4.69, 9.17) is 4.74 Å². The fourth-order valence-corrected chi connectivity index (χ4v) is 4.23. The molecule has 0 heterocycles. The Hall–Kier alpha value is -3.10. The number of hydrogen-bond acceptors (Lipinski definition) is 6. The van der Waals surface area contributed by atoms with Gasteiger partial charge in [0.2, 0.25) is 11.8 Å². The molecule has 0 saturated heterocycles. The maximum Gasteiger partial charge on any atom is 0.408 e. The number of hydrogen-bond donors (Lipinski definition) is 2. The number of ether oxygens (including phenoxy) is 2. The monoisotopic (exact) mass is 503 g/mol. The smallest absolute Gasteiger partial charge is 0.408 e. The lowest BCUT2D eigenvalue weighted by Gasteiger charge is -2.44. The van der Waals surface area contributed by atoms with Gasteiger partial charge in [-0.15, -0.1) is 0 Å². The van der Waals surface area contributed by atoms with E-state index in [0.29, 0.717) is 5.56 Å². The largest absolute Gasteiger partial charge is 0.468 e. The summed E-state index contributed by atoms with van der Waals surface area (Å²) in [6.07, 6.45) is 1.73. The summed E-state index contributed by atoms with van der Waals surface area (Å²) in [4.78, 5) is 53.6. The van der Waals surface area contributed by atoms with Gasteiger partial charge >= 0.3 is 12.1 Å². The zero-order chi connectivity index (χ0) is 27.2. The predicted molar refractivity (Wildman–Crippen MR) is 136 cm³/mol. The third kappa shape index (κ3) is 7.96. The van der Waals surface area contributed by atoms with Crippen molar-refractivity contribution in [3.8, 4) is 0 Å². The minimum atomic E-state index is -0.979. The first kappa shape index (κ1) is 29.1. The summed E-state index contributed by atoms with van der Waals surface area (Å²) in [5.74, 6) is -1.69. The maximum atomic E-state index is 14.1. The number of benzene rings is 1. The van der Waals surface area contributed by atoms with Crippen molar-refractivity contribution in [1.82, 2.24) is 15.5 Å². The number of nitrogens with one attached hydrogen (secondary N) is 2. The van der Waals surface area contributed by atoms with Crippen molar-refractivity contribution in [2.45, 2.75) is 91.5 Å². The van der Waals surface area contributed by atoms with Crippen LogP contribution in [0.3, 0.4) is 0 Å². The lowest BCUT2D eigenvalue weighted by molar-refractivity contribution is -0.149. The van der Waals surface area contributed by atoms with Gasteiger partial charge in [0.25, 0.3) is 0 Å². The molecule has 0 bridgehead atoms. The molecule has 2 unspecified atom stereocenters. The van der Waals surface area contributed by atoms with Gasteiger partial charge in [-0.3, -0.25) is 14.4 Å². The molecule has 1 aliphatic rings. The fraction of sp³-hybridized carbons (Fsp3) is 0.630. The lowest BCUT2D eigenvalue weighted by atomic mass is 9.87. The Morgan fingerprint density at radius 1 is 1.06 bits per heavy atom. The highest BCUT2D eigenvalue weighted by Crippen LogP contribution is 2.35. The van der Waals surface area contributed by atoms with Gasteiger partial charge in [0.05, 0.1) is 7.11 Å². The molecule has 0 radical (unpaired) electrons. The Bertz CT molecular complexity index is 944. The van der Waals surface area contributed by atoms with Crippen LogP contribution in [-0.4, -0.2) is 60.1 Å². The molecule has 1 fully saturated rings. The van der Waals surface area contributed by atoms with E-state index in [2.05, 4.69) is 15.4 Å². The number of aryl methyl sites for hydroxylation is 2. The van der Waals surface area contributed by atoms with Crippen LogP contribution >= 0.6 is 0 Å². The van der Waals surface area contributed by atoms with Gasteiger partial charge in [0.15, 0.2) is 0 Å². The first-order chi connectivity index (χ1) is 16.7. The van der Waals surface area contributed by atoms with Crippen LogP contribution < -0.4 is 10.6 Å². The number of carbonyl (C=O) groups is 4. The zero-order valence-electron chi connectivity index (χ0n) is 22.8. The summed E-state index contributed by atoms with van der Waals surface area (Å²) in [6, 6.07) is 3.69. The van der Waals surface area contributed by atoms with E-state index in [9.17, 15) is 19.2 Å². The Balaban J connectivity index is 2.50. The van der Waals surface area contributed by atoms with E-state index in [1.165, 1.54) is 7.11 Å². The molecular formula is C27H41N3O6. The zero-order valence-corrected chi connectivity index (χ0v) is 22.8. The van der Waals surface area contributed by atoms with E-state index < -0.39 is 35.7 Å². The lowest BCUT2D eigenvalue weighted by Crippen LogP contribution is -2.59. The second-order valence-corrected chi connectivity index (χ2v) is 10.8. The number of methoxy groups -OCH3 is 1. The Labute approximate surface area is 214 Å². The summed E-state index contributed by atoms with van der Waals surface area (Å²) in [7, 11) is 1.25. The summed E-state index contributed by atoms with van der Waals surface area (Å²) < 4.78 is 10.1. The first-order valence-corrected chi connectivity index (χ1v) is 12.5. The number of rotatable bonds is 9. The Morgan fingerprint density at radius 3 is 2.08 bits per heavy atom. The van der Waals surface area contributed by atoms with Crippen LogP contribution in [-0.2, 0) is 23.9 Å². The number of carbonyl (C=O) groups excluding carboxylic acids is 4. The van der Waals surface area contributed by atoms with E-state index >= 15 is 0 Å². The van der Waals surface area contributed by atoms with E-state index in [1.54, 1.807) is 25.7 Å². The molecule has 200 valence electrons. The summed E-state index contributed by atoms with van der Waals surface area (Å²) in [5, 5.41) is 5.36. The highest BCUT2D eigenvalue weighted by atomic mass is 16.6. The van der Waals surface area contributed by atoms with Crippen LogP contribution in [0.25, 0.3) is 0 Å². The molecular weight excluding hydrogens is 462 g/mol. The van der Waals surface area contributed by atoms with Crippen molar-refractivity contribution < 1.29 is 28.7 Å². The summed E-state index contributed by atoms with van der Waals surface area (Å²) >= 11 is 0. The number of nitrogens with zero attached hydrogens (tertiary/aromatic N) is 1. The Morgan fingerprint density at radius 2 is 1.64 bits per heavy atom. The van der Waals surface area contributed by atoms with Gasteiger partial charge in [-0.05, 0) is 65.4 Å². The SMILES string of the molecule is COC(=O)CNC(=O)C(c1cc(C)cc(C)c1)N(C(=O)C(NC(=O)OC(C)(C)C)C(C)C)C1CCC1. The molecule has 1 saturated carbocycles. The molecule has 2 atom stereocenters. The summed E-state index contributed by atoms with van der Waals surface area (Å²) in [5.41, 5.74) is 1.82. The molecule has 1 aromatic carbocycles. The van der Waals surface area contributed by atoms with Crippen molar-refractivity contribution in [3.63, 3.8) is 0 Å². The number of alkyl carbamates (subject to hydrolysis) is 1. The second-order valence-electron chi connectivity index (χ2n) is 10.8. The van der Waals surface area contributed by atoms with Crippen LogP contribution in [0.5, 0.6) is 0 Å². The molecule has 0 spiro atoms. The molecule has 2 rings (SSSR count). The fourth-order valence-electron chi connectivity index (χ4n) is 4.23. The molecule has 1 aromatic rings. The van der Waals surface area contributed by atoms with Gasteiger partial charge in [-0.1, -0.05) is 43.2 Å². The molecule has 9 heteroatoms. The molecule has 0 aromatic heterocycles. The molecule has 3 amide bonds. The normalized spacial score (nSPS) is 15.4. The van der Waals surface area contributed by atoms with Crippen molar-refractivity contribution in [2.75, 3.05) is 13.7 Å². The molecule has 2 N–H and O–H groups in total. The van der Waals surface area contributed by atoms with Gasteiger partial charge in [0, 0.05) is 6.04 Å². The van der Waals surface area contributed by atoms with Gasteiger partial charge in [-0.25, -0.2) is 4.79 Å². The third-order valence-electron chi connectivity index (χ3n) is 6.05. The predicted octanol–water partition coefficient (Wildman–Crippen LogP) is 3.56. The van der Waals surface area contributed by atoms with Gasteiger partial charge in [-0.2, -0.15) is 0 Å². The van der Waals surface area contributed by atoms with Crippen LogP contribution in [0.4, 0.5) is 4.79 Å². The number of amides is 3. The quantitative estimate of drug-likeness (QED) is 0.498. The molecule has 0 aliphatic heterocycles. The average Bonchev–Trinajstić information content (AvgIpc) is 2.71. The second kappa shape index (κ2) is 12.2. The van der Waals surface area contributed by atoms with E-state index in [1.807, 2.05) is 45.9 Å². The average molecular weight is 504 g/mol. The van der Waals surface area contributed by atoms with Crippen LogP contribution in [0, 0.1) is 19.8 Å². The van der Waals surface area contributed by atoms with E-state index in [0.717, 1.165) is 30.4 Å². The third-order valence-corrected chi connectivity index (χ3v) is 6.05. The van der Waals surface area contributed by atoms with Crippen molar-refractivity contribution >= 4 is 23.9 Å². The van der Waals surface area contributed by atoms with Gasteiger partial charge < -0.3 is 25.0 Å². The Kier molecular flexibility index (Phi) is 9.90. The van der Waals surface area contributed by atoms with E-state index in [-0.39, 0.29) is 24.4 Å². The van der Waals surface area contributed by atoms with Gasteiger partial charge in [0.1, 0.15) is 24.2 Å². The summed E-state index contributed by atoms with van der Waals surface area (Å²) in [6.45, 7) is 12.5. The molecule has 9 nitrogen and oxygen atoms in total. The van der Waals surface area contributed by atoms with Crippen LogP contribution in [0.2, 0.25) is 0 Å². The minimum Gasteiger partial charge on any atom is -0.468 e. The minimum absolute atomic E-state index is 0.172. The van der Waals surface area contributed by atoms with Crippen molar-refractivity contribution in [3.05, 3.63) is 34.9 Å². The molecule has 1 aliphatic carbocycles. The van der Waals surface area contributed by atoms with Crippen LogP contribution in [0.1, 0.15) is 76.6 Å². The highest BCUT2D eigenvalue weighted by molar-refractivity contribution is 5.93. The maximum absolute atomic E-state index is 14.1. The molecule has 36 heavy (non-hydrogen) atoms. The van der Waals surface area contributed by atoms with Crippen LogP contribution in [0.15, 0.2) is 18.2 Å². The van der Waals surface area contributed by atoms with Crippen molar-refractivity contribution in [2.24, 2.45) is 5.92 Å². The number of esters is 1. The standard InChI is InChI=1S/C27H41N3O6/c1-16(2)22(29-26(34)36-27(5,6)7)25(33)30(20-10-9-11-20)23(24(32)28-15-21(31)35-8)19-13-17(3)12-18(4)14-19/h12-14,16,20,22-23H,9-11,15H2,1-8H3,(H,28,32)(H,29,34).